The van der Waals surface area contributed by atoms with Crippen molar-refractivity contribution < 1.29 is 138 Å². The Bertz CT molecular complexity index is 8540. The molecule has 0 bridgehead atoms. The first-order chi connectivity index (χ1) is 68.3. The average Bonchev–Trinajstić information content (AvgIpc) is 1.52. The molecule has 16 rings (SSSR count). The van der Waals surface area contributed by atoms with Crippen LogP contribution in [-0.2, 0) is 79.0 Å². The number of ketones is 2. The number of aldehydes is 1. The van der Waals surface area contributed by atoms with E-state index in [4.69, 9.17) is 125 Å². The van der Waals surface area contributed by atoms with E-state index in [1.165, 1.54) is 74.0 Å². The smallest absolute Gasteiger partial charge is 0.407 e. The molecule has 0 radical (unpaired) electrons. The van der Waals surface area contributed by atoms with E-state index in [-0.39, 0.29) is 104 Å². The van der Waals surface area contributed by atoms with Crippen molar-refractivity contribution in [1.82, 2.24) is 39.9 Å². The lowest BCUT2D eigenvalue weighted by atomic mass is 10.0. The van der Waals surface area contributed by atoms with Gasteiger partial charge in [0.15, 0.2) is 28.6 Å². The van der Waals surface area contributed by atoms with Gasteiger partial charge in [-0.2, -0.15) is 52.7 Å². The maximum atomic E-state index is 13.6. The van der Waals surface area contributed by atoms with Crippen molar-refractivity contribution in [3.63, 3.8) is 0 Å². The number of ether oxygens (including phenoxy) is 3. The van der Waals surface area contributed by atoms with Crippen molar-refractivity contribution in [3.05, 3.63) is 343 Å². The van der Waals surface area contributed by atoms with E-state index in [9.17, 15) is 125 Å². The van der Waals surface area contributed by atoms with E-state index in [0.29, 0.717) is 55.8 Å². The van der Waals surface area contributed by atoms with Crippen LogP contribution >= 0.6 is 121 Å². The topological polar surface area (TPSA) is 493 Å². The number of methoxy groups -OCH3 is 3. The number of aromatic amines is 4. The molecule has 8 aromatic heterocycles. The quantitative estimate of drug-likeness (QED) is 0.0102. The van der Waals surface area contributed by atoms with E-state index in [1.54, 1.807) is 18.2 Å². The third kappa shape index (κ3) is 26.1. The van der Waals surface area contributed by atoms with Gasteiger partial charge >= 0.3 is 47.7 Å². The number of para-hydroxylation sites is 4. The minimum Gasteiger partial charge on any atom is -0.407 e. The lowest BCUT2D eigenvalue weighted by Gasteiger charge is -2.27. The Morgan fingerprint density at radius 2 is 0.741 bits per heavy atom. The molecule has 0 saturated heterocycles. The number of carbonyl (C=O) groups is 3. The number of nitrogens with zero attached hydrogens (tertiary/aromatic N) is 7. The van der Waals surface area contributed by atoms with Gasteiger partial charge in [-0.15, -0.1) is 12.4 Å². The van der Waals surface area contributed by atoms with Gasteiger partial charge in [0, 0.05) is 51.7 Å². The number of oxazole rings is 4. The number of aliphatic hydroxyl groups excluding tert-OH is 1. The van der Waals surface area contributed by atoms with Crippen LogP contribution in [0.15, 0.2) is 256 Å². The van der Waals surface area contributed by atoms with Crippen molar-refractivity contribution in [2.75, 3.05) is 59.2 Å². The van der Waals surface area contributed by atoms with Crippen LogP contribution in [-0.4, -0.2) is 138 Å². The third-order valence-electron chi connectivity index (χ3n) is 19.6. The van der Waals surface area contributed by atoms with E-state index in [0.717, 1.165) is 104 Å². The van der Waals surface area contributed by atoms with Crippen LogP contribution in [0.5, 0.6) is 0 Å². The van der Waals surface area contributed by atoms with Crippen LogP contribution in [0.4, 0.5) is 75.4 Å². The number of rotatable bonds is 25. The van der Waals surface area contributed by atoms with Gasteiger partial charge in [-0.1, -0.05) is 123 Å². The second kappa shape index (κ2) is 46.1. The zero-order valence-electron chi connectivity index (χ0n) is 72.8. The number of hydrogen-bond acceptors (Lipinski definition) is 27. The molecule has 0 aliphatic heterocycles. The monoisotopic (exact) mass is 2370 g/mol. The Balaban J connectivity index is 0.000000180. The van der Waals surface area contributed by atoms with Gasteiger partial charge in [-0.05, 0) is 155 Å². The number of aliphatic hydroxyl groups is 1. The van der Waals surface area contributed by atoms with E-state index < -0.39 is 210 Å². The van der Waals surface area contributed by atoms with Crippen molar-refractivity contribution in [1.29, 1.82) is 0 Å². The molecule has 1 atom stereocenters. The highest BCUT2D eigenvalue weighted by Crippen LogP contribution is 2.45. The third-order valence-corrected chi connectivity index (χ3v) is 28.9. The second-order valence-electron chi connectivity index (χ2n) is 29.1. The number of pyridine rings is 4. The van der Waals surface area contributed by atoms with Crippen molar-refractivity contribution in [2.45, 2.75) is 50.4 Å². The highest BCUT2D eigenvalue weighted by Gasteiger charge is 2.43. The molecule has 0 aliphatic rings. The van der Waals surface area contributed by atoms with Crippen LogP contribution in [0, 0.1) is 0 Å². The lowest BCUT2D eigenvalue weighted by molar-refractivity contribution is -0.138. The molecule has 0 saturated carbocycles. The second-order valence-corrected chi connectivity index (χ2v) is 40.5. The molecule has 776 valence electrons. The summed E-state index contributed by atoms with van der Waals surface area (Å²) in [7, 11) is -15.1. The minimum absolute atomic E-state index is 0. The Hall–Kier alpha value is -12.5. The number of H-pyrrole nitrogens is 4. The predicted octanol–water partition coefficient (Wildman–Crippen LogP) is 20.8. The molecule has 6 N–H and O–H groups in total. The molecule has 0 aliphatic carbocycles. The molecule has 147 heavy (non-hydrogen) atoms. The summed E-state index contributed by atoms with van der Waals surface area (Å²) in [5.74, 6) is -4.67. The largest absolute Gasteiger partial charge is 0.417 e. The zero-order valence-corrected chi connectivity index (χ0v) is 84.5. The number of fused-ring (bicyclic) bond motifs is 4. The molecular formula is C86H56BrCl9F12N12O23S4. The Morgan fingerprint density at radius 3 is 1.16 bits per heavy atom. The SMILES string of the molecule is COCN(c1cc(Cl)cnc1Br)S(=O)(=O)c1ccc(Cl)c(C(F)(F)F)c1.COCN(c1cc(Cl)cnc1C(=O)c1cccc2[nH]c(=O)oc12)S(=O)(=O)c1ccc(Cl)c(C(F)(F)F)c1.COCN(c1cc(Cl)cnc1C(O)c1cccc2[nH]c(=O)oc12)S(=O)(=O)c1ccc(Cl)c(C(F)(F)F)c1.Cl.O=C(c1ncc(Cl)cc1NS(=O)(=O)c1ccc(Cl)c(C(F)(F)F)c1)c1cccc2[nH]c(=O)oc12.O=Cc1cccc2[nH]c(=O)oc12. The Morgan fingerprint density at radius 1 is 0.422 bits per heavy atom. The highest BCUT2D eigenvalue weighted by atomic mass is 79.9. The van der Waals surface area contributed by atoms with Gasteiger partial charge in [-0.25, -0.2) is 80.7 Å². The molecule has 61 heteroatoms. The number of nitrogens with one attached hydrogen (secondary N) is 5. The van der Waals surface area contributed by atoms with E-state index >= 15 is 0 Å². The first-order valence-corrected chi connectivity index (χ1v) is 49.0. The molecular weight excluding hydrogens is 2320 g/mol. The number of alkyl halides is 12. The van der Waals surface area contributed by atoms with Crippen LogP contribution in [0.25, 0.3) is 44.4 Å². The van der Waals surface area contributed by atoms with Gasteiger partial charge in [0.2, 0.25) is 11.6 Å². The van der Waals surface area contributed by atoms with Crippen LogP contribution in [0.3, 0.4) is 0 Å². The lowest BCUT2D eigenvalue weighted by Crippen LogP contribution is -2.34. The normalized spacial score (nSPS) is 12.2. The summed E-state index contributed by atoms with van der Waals surface area (Å²) in [6.45, 7) is -1.89. The molecule has 0 amide bonds. The van der Waals surface area contributed by atoms with Gasteiger partial charge < -0.3 is 37.0 Å². The van der Waals surface area contributed by atoms with E-state index in [2.05, 4.69) is 55.8 Å². The molecule has 16 aromatic rings. The van der Waals surface area contributed by atoms with E-state index in [1.807, 2.05) is 4.72 Å². The molecule has 0 fully saturated rings. The fraction of sp³-hybridized carbons (Fsp3) is 0.128. The fourth-order valence-corrected chi connectivity index (χ4v) is 20.6. The molecule has 8 heterocycles. The molecule has 1 unspecified atom stereocenters. The summed E-state index contributed by atoms with van der Waals surface area (Å²) in [4.78, 5) is 105. The van der Waals surface area contributed by atoms with Gasteiger partial charge in [0.25, 0.3) is 40.1 Å². The number of halogens is 22. The summed E-state index contributed by atoms with van der Waals surface area (Å²) < 4.78 is 304. The van der Waals surface area contributed by atoms with Gasteiger partial charge in [0.05, 0.1) is 149 Å². The van der Waals surface area contributed by atoms with Crippen molar-refractivity contribution in [2.24, 2.45) is 0 Å². The first-order valence-electron chi connectivity index (χ1n) is 39.4. The maximum absolute atomic E-state index is 13.6. The summed E-state index contributed by atoms with van der Waals surface area (Å²) in [5, 5.41) is 8.46. The zero-order chi connectivity index (χ0) is 107. The predicted molar refractivity (Wildman–Crippen MR) is 517 cm³/mol. The van der Waals surface area contributed by atoms with Crippen LogP contribution in [0.2, 0.25) is 40.2 Å². The van der Waals surface area contributed by atoms with Gasteiger partial charge in [0.1, 0.15) is 42.3 Å². The fourth-order valence-electron chi connectivity index (χ4n) is 13.2. The number of benzene rings is 8. The Labute approximate surface area is 869 Å². The number of carbonyl (C=O) groups excluding carboxylic acids is 3. The summed E-state index contributed by atoms with van der Waals surface area (Å²) in [5.41, 5.74) is -6.03. The molecule has 0 spiro atoms. The van der Waals surface area contributed by atoms with Gasteiger partial charge in [-0.3, -0.25) is 44.0 Å². The average molecular weight is 2380 g/mol. The molecule has 8 aromatic carbocycles. The number of sulfonamides is 4. The standard InChI is InChI=1S/C22H16Cl2F3N3O6S.C22H14Cl2F3N3O6S.C20H10Cl2F3N3O5S.C14H10BrCl2F3N2O3S.C8H5NO3.ClH/c2*1-35-10-30(37(33,34)12-5-6-15(24)14(8-12)22(25,26)27)17-7-11(23)9-28-18(17)19(31)13-3-2-4-16-20(13)36-21(32)29-16;21-9-6-15(28-34(31,32)10-4-5-13(22)12(7-10)20(23,24)25)16(26-8-9)17(29)11-2-1-3-14-18(11)33-19(30)27-14;1-25-7-22(12-4-8(16)6-21-13(12)15)26(23,24)9-2-3-11(17)10(5-9)14(18,19)20;10-4-5-2-1-3-6-7(5)12-8(11)9-6;/h2-9,19,31H,10H2,1H3,(H,29,32);2-9H,10H2,1H3,(H,29,32);1-8,28H,(H,27,30);2-6H,7H2,1H3;1-4H,(H,9,11);1H. The first kappa shape index (κ1) is 115. The maximum Gasteiger partial charge on any atom is 0.417 e. The number of aromatic nitrogens is 8. The van der Waals surface area contributed by atoms with Crippen molar-refractivity contribution >= 4 is 246 Å². The number of hydrogen-bond donors (Lipinski definition) is 6. The Kier molecular flexibility index (Phi) is 36.0. The summed E-state index contributed by atoms with van der Waals surface area (Å²) in [6, 6.07) is 31.0. The molecule has 35 nitrogen and oxygen atoms in total. The minimum atomic E-state index is -4.94. The van der Waals surface area contributed by atoms with Crippen molar-refractivity contribution in [3.8, 4) is 0 Å². The summed E-state index contributed by atoms with van der Waals surface area (Å²) >= 11 is 49.4. The highest BCUT2D eigenvalue weighted by molar-refractivity contribution is 9.10. The van der Waals surface area contributed by atoms with Crippen LogP contribution < -0.4 is 40.7 Å². The summed E-state index contributed by atoms with van der Waals surface area (Å²) in [6.07, 6.45) is -16.0. The van der Waals surface area contributed by atoms with Crippen LogP contribution in [0.1, 0.15) is 82.1 Å². The number of anilines is 4.